The van der Waals surface area contributed by atoms with E-state index in [-0.39, 0.29) is 11.8 Å². The summed E-state index contributed by atoms with van der Waals surface area (Å²) in [5, 5.41) is 3.41. The lowest BCUT2D eigenvalue weighted by Crippen LogP contribution is -2.44. The Morgan fingerprint density at radius 1 is 0.967 bits per heavy atom. The van der Waals surface area contributed by atoms with Gasteiger partial charge in [-0.15, -0.1) is 0 Å². The van der Waals surface area contributed by atoms with E-state index in [1.54, 1.807) is 12.4 Å². The van der Waals surface area contributed by atoms with Crippen LogP contribution in [-0.2, 0) is 9.59 Å². The lowest BCUT2D eigenvalue weighted by Gasteiger charge is -2.33. The molecule has 2 aromatic heterocycles. The van der Waals surface area contributed by atoms with E-state index in [0.29, 0.717) is 11.1 Å². The van der Waals surface area contributed by atoms with E-state index in [1.807, 2.05) is 37.3 Å². The molecule has 0 atom stereocenters. The first kappa shape index (κ1) is 18.6. The molecule has 1 aromatic carbocycles. The van der Waals surface area contributed by atoms with Gasteiger partial charge in [0.2, 0.25) is 0 Å². The van der Waals surface area contributed by atoms with Gasteiger partial charge in [-0.3, -0.25) is 14.9 Å². The number of benzene rings is 1. The molecular formula is C23H23N5O2. The number of imide groups is 1. The molecule has 0 bridgehead atoms. The minimum atomic E-state index is -0.364. The van der Waals surface area contributed by atoms with E-state index in [0.717, 1.165) is 59.6 Å². The number of nitrogens with zero attached hydrogens (tertiary/aromatic N) is 3. The lowest BCUT2D eigenvalue weighted by atomic mass is 9.94. The smallest absolute Gasteiger partial charge is 0.259 e. The number of H-pyrrole nitrogens is 1. The van der Waals surface area contributed by atoms with E-state index in [1.165, 1.54) is 0 Å². The Labute approximate surface area is 174 Å². The summed E-state index contributed by atoms with van der Waals surface area (Å²) in [5.74, 6) is 0.109. The van der Waals surface area contributed by atoms with Crippen molar-refractivity contribution in [2.24, 2.45) is 0 Å². The van der Waals surface area contributed by atoms with E-state index in [2.05, 4.69) is 32.1 Å². The average Bonchev–Trinajstić information content (AvgIpc) is 3.29. The van der Waals surface area contributed by atoms with Gasteiger partial charge in [-0.2, -0.15) is 0 Å². The molecule has 1 saturated heterocycles. The number of anilines is 1. The predicted octanol–water partition coefficient (Wildman–Crippen LogP) is 2.19. The molecule has 2 aliphatic heterocycles. The van der Waals surface area contributed by atoms with Crippen molar-refractivity contribution >= 4 is 39.7 Å². The maximum Gasteiger partial charge on any atom is 0.259 e. The zero-order chi connectivity index (χ0) is 20.8. The van der Waals surface area contributed by atoms with Gasteiger partial charge in [-0.1, -0.05) is 18.2 Å². The van der Waals surface area contributed by atoms with Crippen molar-refractivity contribution in [3.63, 3.8) is 0 Å². The van der Waals surface area contributed by atoms with E-state index >= 15 is 0 Å². The second-order valence-electron chi connectivity index (χ2n) is 7.93. The summed E-state index contributed by atoms with van der Waals surface area (Å²) >= 11 is 0. The number of carbonyl (C=O) groups excluding carboxylic acids is 2. The molecule has 1 fully saturated rings. The zero-order valence-electron chi connectivity index (χ0n) is 17.0. The van der Waals surface area contributed by atoms with Crippen molar-refractivity contribution in [2.75, 3.05) is 38.1 Å². The van der Waals surface area contributed by atoms with Crippen LogP contribution in [0.25, 0.3) is 22.0 Å². The highest BCUT2D eigenvalue weighted by atomic mass is 16.2. The van der Waals surface area contributed by atoms with Crippen LogP contribution in [0.3, 0.4) is 0 Å². The molecule has 152 valence electrons. The van der Waals surface area contributed by atoms with Gasteiger partial charge in [-0.05, 0) is 37.2 Å². The Kier molecular flexibility index (Phi) is 4.40. The number of aromatic amines is 1. The van der Waals surface area contributed by atoms with E-state index in [9.17, 15) is 9.59 Å². The van der Waals surface area contributed by atoms with Gasteiger partial charge >= 0.3 is 0 Å². The molecule has 0 saturated carbocycles. The Morgan fingerprint density at radius 2 is 1.67 bits per heavy atom. The summed E-state index contributed by atoms with van der Waals surface area (Å²) in [5.41, 5.74) is 4.11. The van der Waals surface area contributed by atoms with Gasteiger partial charge in [0.1, 0.15) is 5.82 Å². The molecule has 0 spiro atoms. The van der Waals surface area contributed by atoms with Crippen molar-refractivity contribution in [1.29, 1.82) is 0 Å². The summed E-state index contributed by atoms with van der Waals surface area (Å²) in [6, 6.07) is 9.72. The molecule has 2 N–H and O–H groups in total. The third-order valence-electron chi connectivity index (χ3n) is 5.98. The fourth-order valence-corrected chi connectivity index (χ4v) is 4.24. The van der Waals surface area contributed by atoms with Crippen LogP contribution < -0.4 is 10.2 Å². The number of rotatable bonds is 3. The van der Waals surface area contributed by atoms with Gasteiger partial charge in [0, 0.05) is 55.0 Å². The highest BCUT2D eigenvalue weighted by Crippen LogP contribution is 2.36. The summed E-state index contributed by atoms with van der Waals surface area (Å²) in [7, 11) is 2.11. The molecule has 0 unspecified atom stereocenters. The van der Waals surface area contributed by atoms with Crippen molar-refractivity contribution in [3.8, 4) is 0 Å². The number of hydrogen-bond donors (Lipinski definition) is 2. The van der Waals surface area contributed by atoms with E-state index < -0.39 is 0 Å². The van der Waals surface area contributed by atoms with Crippen LogP contribution in [0.5, 0.6) is 0 Å². The number of nitrogens with one attached hydrogen (secondary N) is 2. The topological polar surface area (TPSA) is 81.3 Å². The molecular weight excluding hydrogens is 378 g/mol. The van der Waals surface area contributed by atoms with Crippen LogP contribution in [0.4, 0.5) is 5.82 Å². The summed E-state index contributed by atoms with van der Waals surface area (Å²) in [6.45, 7) is 5.61. The molecule has 0 aliphatic carbocycles. The monoisotopic (exact) mass is 401 g/mol. The molecule has 3 aromatic rings. The molecule has 5 rings (SSSR count). The van der Waals surface area contributed by atoms with Crippen LogP contribution in [0.2, 0.25) is 0 Å². The molecule has 2 amide bonds. The van der Waals surface area contributed by atoms with Gasteiger partial charge < -0.3 is 14.8 Å². The molecule has 7 nitrogen and oxygen atoms in total. The number of likely N-dealkylation sites (N-methyl/N-ethyl adjacent to an activating group) is 1. The number of hydrogen-bond acceptors (Lipinski definition) is 5. The Balaban J connectivity index is 1.66. The Morgan fingerprint density at radius 3 is 2.43 bits per heavy atom. The average molecular weight is 401 g/mol. The van der Waals surface area contributed by atoms with Crippen LogP contribution in [0, 0.1) is 6.92 Å². The summed E-state index contributed by atoms with van der Waals surface area (Å²) in [4.78, 5) is 38.0. The quantitative estimate of drug-likeness (QED) is 0.658. The maximum absolute atomic E-state index is 12.9. The number of amides is 2. The molecule has 2 aliphatic rings. The highest BCUT2D eigenvalue weighted by molar-refractivity contribution is 6.50. The minimum absolute atomic E-state index is 0.362. The van der Waals surface area contributed by atoms with Gasteiger partial charge in [0.05, 0.1) is 11.1 Å². The van der Waals surface area contributed by atoms with Crippen LogP contribution in [-0.4, -0.2) is 59.9 Å². The van der Waals surface area contributed by atoms with Gasteiger partial charge in [0.25, 0.3) is 11.8 Å². The number of pyridine rings is 1. The molecule has 4 heterocycles. The summed E-state index contributed by atoms with van der Waals surface area (Å²) < 4.78 is 0. The largest absolute Gasteiger partial charge is 0.361 e. The fraction of sp³-hybridized carbons (Fsp3) is 0.261. The normalized spacial score (nSPS) is 17.9. The number of fused-ring (bicyclic) bond motifs is 1. The second-order valence-corrected chi connectivity index (χ2v) is 7.93. The first-order valence-electron chi connectivity index (χ1n) is 10.1. The number of aryl methyl sites for hydroxylation is 1. The number of carbonyl (C=O) groups is 2. The number of aromatic nitrogens is 2. The first-order chi connectivity index (χ1) is 14.5. The number of piperazine rings is 1. The molecule has 0 radical (unpaired) electrons. The summed E-state index contributed by atoms with van der Waals surface area (Å²) in [6.07, 6.45) is 3.59. The van der Waals surface area contributed by atoms with Gasteiger partial charge in [-0.25, -0.2) is 4.98 Å². The molecule has 30 heavy (non-hydrogen) atoms. The fourth-order valence-electron chi connectivity index (χ4n) is 4.24. The zero-order valence-corrected chi connectivity index (χ0v) is 17.0. The SMILES string of the molecule is Cc1cnc(N2CCN(C)CC2)cc1C1=C(c2c[nH]c3ccccc23)C(=O)NC1=O. The Hall–Kier alpha value is -3.45. The molecule has 7 heteroatoms. The van der Waals surface area contributed by atoms with Crippen LogP contribution in [0.15, 0.2) is 42.7 Å². The maximum atomic E-state index is 12.9. The van der Waals surface area contributed by atoms with Crippen molar-refractivity contribution in [1.82, 2.24) is 20.2 Å². The predicted molar refractivity (Wildman–Crippen MR) is 117 cm³/mol. The van der Waals surface area contributed by atoms with Crippen LogP contribution >= 0.6 is 0 Å². The van der Waals surface area contributed by atoms with E-state index in [4.69, 9.17) is 0 Å². The first-order valence-corrected chi connectivity index (χ1v) is 10.1. The van der Waals surface area contributed by atoms with Crippen molar-refractivity contribution in [2.45, 2.75) is 6.92 Å². The van der Waals surface area contributed by atoms with Crippen molar-refractivity contribution in [3.05, 3.63) is 59.4 Å². The third kappa shape index (κ3) is 2.98. The second kappa shape index (κ2) is 7.11. The lowest BCUT2D eigenvalue weighted by molar-refractivity contribution is -0.122. The number of para-hydroxylation sites is 1. The standard InChI is InChI=1S/C23H23N5O2/c1-14-12-25-19(28-9-7-27(2)8-10-28)11-16(14)20-21(23(30)26-22(20)29)17-13-24-18-6-4-3-5-15(17)18/h3-6,11-13,24H,7-10H2,1-2H3,(H,26,29,30). The van der Waals surface area contributed by atoms with Crippen LogP contribution in [0.1, 0.15) is 16.7 Å². The van der Waals surface area contributed by atoms with Gasteiger partial charge in [0.15, 0.2) is 0 Å². The highest BCUT2D eigenvalue weighted by Gasteiger charge is 2.34. The van der Waals surface area contributed by atoms with Crippen molar-refractivity contribution < 1.29 is 9.59 Å². The minimum Gasteiger partial charge on any atom is -0.361 e. The third-order valence-corrected chi connectivity index (χ3v) is 5.98. The Bertz CT molecular complexity index is 1200.